The van der Waals surface area contributed by atoms with Crippen molar-refractivity contribution < 1.29 is 9.53 Å². The zero-order valence-electron chi connectivity index (χ0n) is 11.8. The zero-order chi connectivity index (χ0) is 14.2. The molecule has 7 heteroatoms. The standard InChI is InChI=1S/C13H21N3O2S2/c1-2-18-12(17)9-11-10-20-13(15-11)14-3-4-16-5-7-19-8-6-16/h10H,2-9H2,1H3,(H,14,15). The van der Waals surface area contributed by atoms with E-state index in [0.717, 1.165) is 23.9 Å². The first kappa shape index (κ1) is 15.6. The molecule has 1 aromatic rings. The third-order valence-corrected chi connectivity index (χ3v) is 4.78. The average Bonchev–Trinajstić information content (AvgIpc) is 2.88. The molecule has 1 aliphatic rings. The van der Waals surface area contributed by atoms with Crippen LogP contribution in [0.3, 0.4) is 0 Å². The van der Waals surface area contributed by atoms with Gasteiger partial charge in [0, 0.05) is 43.1 Å². The molecule has 0 amide bonds. The lowest BCUT2D eigenvalue weighted by molar-refractivity contribution is -0.142. The Morgan fingerprint density at radius 1 is 1.50 bits per heavy atom. The molecule has 1 aromatic heterocycles. The van der Waals surface area contributed by atoms with E-state index < -0.39 is 0 Å². The number of thioether (sulfide) groups is 1. The highest BCUT2D eigenvalue weighted by Crippen LogP contribution is 2.16. The van der Waals surface area contributed by atoms with Crippen molar-refractivity contribution in [3.8, 4) is 0 Å². The number of carbonyl (C=O) groups excluding carboxylic acids is 1. The minimum Gasteiger partial charge on any atom is -0.466 e. The Kier molecular flexibility index (Phi) is 6.62. The topological polar surface area (TPSA) is 54.5 Å². The number of carbonyl (C=O) groups is 1. The molecule has 0 saturated carbocycles. The maximum Gasteiger partial charge on any atom is 0.311 e. The van der Waals surface area contributed by atoms with Crippen LogP contribution < -0.4 is 5.32 Å². The minimum absolute atomic E-state index is 0.213. The summed E-state index contributed by atoms with van der Waals surface area (Å²) in [6.07, 6.45) is 0.259. The second-order valence-electron chi connectivity index (χ2n) is 4.51. The number of esters is 1. The smallest absolute Gasteiger partial charge is 0.311 e. The molecule has 0 atom stereocenters. The van der Waals surface area contributed by atoms with E-state index in [1.165, 1.54) is 24.6 Å². The van der Waals surface area contributed by atoms with Gasteiger partial charge < -0.3 is 10.1 Å². The van der Waals surface area contributed by atoms with Crippen LogP contribution in [0.4, 0.5) is 5.13 Å². The fraction of sp³-hybridized carbons (Fsp3) is 0.692. The number of aromatic nitrogens is 1. The highest BCUT2D eigenvalue weighted by atomic mass is 32.2. The van der Waals surface area contributed by atoms with Gasteiger partial charge in [-0.25, -0.2) is 4.98 Å². The molecule has 1 fully saturated rings. The molecule has 0 bridgehead atoms. The van der Waals surface area contributed by atoms with E-state index in [4.69, 9.17) is 4.74 Å². The third kappa shape index (κ3) is 5.30. The molecule has 1 saturated heterocycles. The number of rotatable bonds is 7. The van der Waals surface area contributed by atoms with Crippen molar-refractivity contribution in [3.05, 3.63) is 11.1 Å². The van der Waals surface area contributed by atoms with E-state index in [-0.39, 0.29) is 12.4 Å². The van der Waals surface area contributed by atoms with Crippen LogP contribution in [0.25, 0.3) is 0 Å². The van der Waals surface area contributed by atoms with Crippen LogP contribution in [0.1, 0.15) is 12.6 Å². The average molecular weight is 315 g/mol. The molecule has 0 spiro atoms. The number of ether oxygens (including phenoxy) is 1. The lowest BCUT2D eigenvalue weighted by atomic mass is 10.3. The molecule has 1 N–H and O–H groups in total. The van der Waals surface area contributed by atoms with Gasteiger partial charge in [0.1, 0.15) is 0 Å². The van der Waals surface area contributed by atoms with Crippen LogP contribution >= 0.6 is 23.1 Å². The highest BCUT2D eigenvalue weighted by molar-refractivity contribution is 7.99. The van der Waals surface area contributed by atoms with Crippen molar-refractivity contribution in [2.75, 3.05) is 49.6 Å². The molecule has 2 heterocycles. The van der Waals surface area contributed by atoms with Crippen molar-refractivity contribution in [1.82, 2.24) is 9.88 Å². The first-order chi connectivity index (χ1) is 9.78. The van der Waals surface area contributed by atoms with Crippen LogP contribution in [0.2, 0.25) is 0 Å². The quantitative estimate of drug-likeness (QED) is 0.773. The van der Waals surface area contributed by atoms with Gasteiger partial charge in [-0.15, -0.1) is 11.3 Å². The highest BCUT2D eigenvalue weighted by Gasteiger charge is 2.11. The number of nitrogens with one attached hydrogen (secondary N) is 1. The first-order valence-electron chi connectivity index (χ1n) is 6.92. The summed E-state index contributed by atoms with van der Waals surface area (Å²) in [5.41, 5.74) is 0.783. The van der Waals surface area contributed by atoms with E-state index in [9.17, 15) is 4.79 Å². The largest absolute Gasteiger partial charge is 0.466 e. The van der Waals surface area contributed by atoms with Crippen LogP contribution in [0, 0.1) is 0 Å². The van der Waals surface area contributed by atoms with Crippen LogP contribution in [-0.2, 0) is 16.0 Å². The number of hydrogen-bond acceptors (Lipinski definition) is 7. The summed E-state index contributed by atoms with van der Waals surface area (Å²) in [5.74, 6) is 2.26. The van der Waals surface area contributed by atoms with Crippen LogP contribution in [-0.4, -0.2) is 60.1 Å². The van der Waals surface area contributed by atoms with E-state index in [1.54, 1.807) is 11.3 Å². The van der Waals surface area contributed by atoms with Gasteiger partial charge >= 0.3 is 5.97 Å². The van der Waals surface area contributed by atoms with Crippen molar-refractivity contribution in [1.29, 1.82) is 0 Å². The Balaban J connectivity index is 1.68. The van der Waals surface area contributed by atoms with Gasteiger partial charge in [-0.1, -0.05) is 0 Å². The monoisotopic (exact) mass is 315 g/mol. The summed E-state index contributed by atoms with van der Waals surface area (Å²) < 4.78 is 4.91. The fourth-order valence-electron chi connectivity index (χ4n) is 1.97. The molecule has 0 aliphatic carbocycles. The van der Waals surface area contributed by atoms with Gasteiger partial charge in [0.25, 0.3) is 0 Å². The molecule has 1 aliphatic heterocycles. The Morgan fingerprint density at radius 2 is 2.30 bits per heavy atom. The van der Waals surface area contributed by atoms with Gasteiger partial charge in [0.2, 0.25) is 0 Å². The second-order valence-corrected chi connectivity index (χ2v) is 6.59. The van der Waals surface area contributed by atoms with Crippen molar-refractivity contribution in [2.24, 2.45) is 0 Å². The molecule has 20 heavy (non-hydrogen) atoms. The van der Waals surface area contributed by atoms with Gasteiger partial charge in [0.05, 0.1) is 18.7 Å². The summed E-state index contributed by atoms with van der Waals surface area (Å²) in [6, 6.07) is 0. The van der Waals surface area contributed by atoms with Gasteiger partial charge in [0.15, 0.2) is 5.13 Å². The zero-order valence-corrected chi connectivity index (χ0v) is 13.4. The number of anilines is 1. The Bertz CT molecular complexity index is 420. The molecular formula is C13H21N3O2S2. The molecule has 5 nitrogen and oxygen atoms in total. The van der Waals surface area contributed by atoms with E-state index in [0.29, 0.717) is 6.61 Å². The van der Waals surface area contributed by atoms with E-state index in [1.807, 2.05) is 24.1 Å². The Labute approximate surface area is 128 Å². The summed E-state index contributed by atoms with van der Waals surface area (Å²) in [5, 5.41) is 6.12. The summed E-state index contributed by atoms with van der Waals surface area (Å²) in [4.78, 5) is 18.2. The molecule has 0 aromatic carbocycles. The predicted molar refractivity (Wildman–Crippen MR) is 84.7 cm³/mol. The third-order valence-electron chi connectivity index (χ3n) is 2.99. The normalized spacial score (nSPS) is 16.1. The molecular weight excluding hydrogens is 294 g/mol. The van der Waals surface area contributed by atoms with E-state index >= 15 is 0 Å². The Morgan fingerprint density at radius 3 is 3.05 bits per heavy atom. The molecule has 112 valence electrons. The molecule has 2 rings (SSSR count). The summed E-state index contributed by atoms with van der Waals surface area (Å²) >= 11 is 3.57. The van der Waals surface area contributed by atoms with Gasteiger partial charge in [-0.05, 0) is 6.92 Å². The van der Waals surface area contributed by atoms with Crippen LogP contribution in [0.15, 0.2) is 5.38 Å². The molecule has 0 unspecified atom stereocenters. The lowest BCUT2D eigenvalue weighted by Gasteiger charge is -2.25. The van der Waals surface area contributed by atoms with Crippen LogP contribution in [0.5, 0.6) is 0 Å². The Hall–Kier alpha value is -0.790. The first-order valence-corrected chi connectivity index (χ1v) is 8.95. The lowest BCUT2D eigenvalue weighted by Crippen LogP contribution is -2.36. The number of thiazole rings is 1. The maximum absolute atomic E-state index is 11.4. The minimum atomic E-state index is -0.213. The summed E-state index contributed by atoms with van der Waals surface area (Å²) in [6.45, 7) is 6.54. The molecule has 0 radical (unpaired) electrons. The van der Waals surface area contributed by atoms with Crippen molar-refractivity contribution in [3.63, 3.8) is 0 Å². The van der Waals surface area contributed by atoms with Gasteiger partial charge in [-0.2, -0.15) is 11.8 Å². The fourth-order valence-corrected chi connectivity index (χ4v) is 3.69. The maximum atomic E-state index is 11.4. The second kappa shape index (κ2) is 8.49. The predicted octanol–water partition coefficient (Wildman–Crippen LogP) is 1.71. The SMILES string of the molecule is CCOC(=O)Cc1csc(NCCN2CCSCC2)n1. The van der Waals surface area contributed by atoms with Crippen molar-refractivity contribution in [2.45, 2.75) is 13.3 Å². The van der Waals surface area contributed by atoms with E-state index in [2.05, 4.69) is 15.2 Å². The number of nitrogens with zero attached hydrogens (tertiary/aromatic N) is 2. The number of hydrogen-bond donors (Lipinski definition) is 1. The summed E-state index contributed by atoms with van der Waals surface area (Å²) in [7, 11) is 0. The van der Waals surface area contributed by atoms with Gasteiger partial charge in [-0.3, -0.25) is 9.69 Å². The van der Waals surface area contributed by atoms with Crippen molar-refractivity contribution >= 4 is 34.2 Å².